The van der Waals surface area contributed by atoms with Gasteiger partial charge in [0.15, 0.2) is 0 Å². The van der Waals surface area contributed by atoms with Crippen LogP contribution in [-0.2, 0) is 11.3 Å². The van der Waals surface area contributed by atoms with E-state index in [9.17, 15) is 4.79 Å². The van der Waals surface area contributed by atoms with E-state index < -0.39 is 6.04 Å². The Morgan fingerprint density at radius 1 is 1.43 bits per heavy atom. The van der Waals surface area contributed by atoms with Crippen LogP contribution >= 0.6 is 11.8 Å². The molecule has 1 aromatic heterocycles. The third-order valence-corrected chi connectivity index (χ3v) is 3.81. The molecule has 0 unspecified atom stereocenters. The van der Waals surface area contributed by atoms with E-state index in [1.807, 2.05) is 42.8 Å². The van der Waals surface area contributed by atoms with Crippen molar-refractivity contribution in [3.8, 4) is 5.69 Å². The van der Waals surface area contributed by atoms with Gasteiger partial charge >= 0.3 is 0 Å². The molecule has 6 heteroatoms. The lowest BCUT2D eigenvalue weighted by Crippen LogP contribution is -2.40. The number of benzene rings is 1. The maximum Gasteiger partial charge on any atom is 0.237 e. The smallest absolute Gasteiger partial charge is 0.237 e. The number of hydrogen-bond donors (Lipinski definition) is 2. The number of thioether (sulfide) groups is 1. The van der Waals surface area contributed by atoms with Crippen LogP contribution < -0.4 is 11.1 Å². The highest BCUT2D eigenvalue weighted by Gasteiger charge is 2.13. The number of amides is 1. The second-order valence-corrected chi connectivity index (χ2v) is 5.67. The number of nitrogens with zero attached hydrogens (tertiary/aromatic N) is 2. The molecule has 0 spiro atoms. The van der Waals surface area contributed by atoms with Gasteiger partial charge in [-0.15, -0.1) is 0 Å². The third-order valence-electron chi connectivity index (χ3n) is 3.17. The van der Waals surface area contributed by atoms with Crippen molar-refractivity contribution in [2.75, 3.05) is 12.0 Å². The third kappa shape index (κ3) is 4.34. The molecule has 0 aliphatic rings. The first-order valence-corrected chi connectivity index (χ1v) is 8.22. The van der Waals surface area contributed by atoms with Crippen LogP contribution in [0, 0.1) is 0 Å². The first kappa shape index (κ1) is 15.6. The van der Waals surface area contributed by atoms with Crippen LogP contribution in [0.25, 0.3) is 5.69 Å². The zero-order valence-electron chi connectivity index (χ0n) is 12.0. The van der Waals surface area contributed by atoms with Gasteiger partial charge in [0, 0.05) is 18.9 Å². The number of carbonyl (C=O) groups excluding carboxylic acids is 1. The summed E-state index contributed by atoms with van der Waals surface area (Å²) in [6.07, 6.45) is 6.30. The second kappa shape index (κ2) is 7.85. The van der Waals surface area contributed by atoms with Gasteiger partial charge in [-0.3, -0.25) is 4.79 Å². The van der Waals surface area contributed by atoms with Gasteiger partial charge in [0.05, 0.1) is 11.7 Å². The van der Waals surface area contributed by atoms with Crippen LogP contribution in [0.1, 0.15) is 12.0 Å². The number of carbonyl (C=O) groups is 1. The fourth-order valence-corrected chi connectivity index (χ4v) is 2.47. The van der Waals surface area contributed by atoms with Gasteiger partial charge < -0.3 is 11.1 Å². The zero-order valence-corrected chi connectivity index (χ0v) is 12.8. The molecule has 3 N–H and O–H groups in total. The Morgan fingerprint density at radius 2 is 2.24 bits per heavy atom. The molecule has 1 aromatic carbocycles. The quantitative estimate of drug-likeness (QED) is 0.814. The number of hydrogen-bond acceptors (Lipinski definition) is 4. The van der Waals surface area contributed by atoms with E-state index in [1.165, 1.54) is 0 Å². The summed E-state index contributed by atoms with van der Waals surface area (Å²) in [5, 5.41) is 7.12. The summed E-state index contributed by atoms with van der Waals surface area (Å²) in [6, 6.07) is 9.27. The molecular weight excluding hydrogens is 284 g/mol. The average Bonchev–Trinajstić information content (AvgIpc) is 3.04. The van der Waals surface area contributed by atoms with Gasteiger partial charge in [-0.05, 0) is 36.1 Å². The number of rotatable bonds is 7. The van der Waals surface area contributed by atoms with Gasteiger partial charge in [0.25, 0.3) is 0 Å². The first-order chi connectivity index (χ1) is 10.2. The van der Waals surface area contributed by atoms with Gasteiger partial charge in [-0.1, -0.05) is 18.2 Å². The van der Waals surface area contributed by atoms with Crippen LogP contribution in [0.15, 0.2) is 42.7 Å². The fourth-order valence-electron chi connectivity index (χ4n) is 1.98. The molecule has 5 nitrogen and oxygen atoms in total. The van der Waals surface area contributed by atoms with Crippen molar-refractivity contribution in [1.29, 1.82) is 0 Å². The number of aromatic nitrogens is 2. The SMILES string of the molecule is CSCC[C@@H](N)C(=O)NCc1ccccc1-n1cccn1. The van der Waals surface area contributed by atoms with E-state index >= 15 is 0 Å². The highest BCUT2D eigenvalue weighted by Crippen LogP contribution is 2.13. The van der Waals surface area contributed by atoms with Gasteiger partial charge in [-0.2, -0.15) is 16.9 Å². The predicted molar refractivity (Wildman–Crippen MR) is 86.4 cm³/mol. The molecule has 2 aromatic rings. The molecule has 1 amide bonds. The minimum atomic E-state index is -0.450. The zero-order chi connectivity index (χ0) is 15.1. The molecule has 21 heavy (non-hydrogen) atoms. The summed E-state index contributed by atoms with van der Waals surface area (Å²) in [5.74, 6) is 0.776. The largest absolute Gasteiger partial charge is 0.351 e. The summed E-state index contributed by atoms with van der Waals surface area (Å²) in [4.78, 5) is 12.0. The van der Waals surface area contributed by atoms with E-state index in [0.717, 1.165) is 17.0 Å². The Hall–Kier alpha value is -1.79. The second-order valence-electron chi connectivity index (χ2n) is 4.69. The Morgan fingerprint density at radius 3 is 2.95 bits per heavy atom. The van der Waals surface area contributed by atoms with Crippen LogP contribution in [-0.4, -0.2) is 33.7 Å². The van der Waals surface area contributed by atoms with Crippen molar-refractivity contribution >= 4 is 17.7 Å². The molecule has 0 bridgehead atoms. The molecule has 1 atom stereocenters. The normalized spacial score (nSPS) is 12.1. The van der Waals surface area contributed by atoms with Crippen LogP contribution in [0.4, 0.5) is 0 Å². The summed E-state index contributed by atoms with van der Waals surface area (Å²) in [5.41, 5.74) is 7.82. The molecule has 0 aliphatic heterocycles. The average molecular weight is 304 g/mol. The topological polar surface area (TPSA) is 72.9 Å². The monoisotopic (exact) mass is 304 g/mol. The van der Waals surface area contributed by atoms with Gasteiger partial charge in [0.2, 0.25) is 5.91 Å². The standard InChI is InChI=1S/C15H20N4OS/c1-21-10-7-13(16)15(20)17-11-12-5-2-3-6-14(12)19-9-4-8-18-19/h2-6,8-9,13H,7,10-11,16H2,1H3,(H,17,20)/t13-/m1/s1. The van der Waals surface area contributed by atoms with E-state index in [2.05, 4.69) is 10.4 Å². The summed E-state index contributed by atoms with van der Waals surface area (Å²) < 4.78 is 1.79. The lowest BCUT2D eigenvalue weighted by Gasteiger charge is -2.14. The van der Waals surface area contributed by atoms with Gasteiger partial charge in [-0.25, -0.2) is 4.68 Å². The fraction of sp³-hybridized carbons (Fsp3) is 0.333. The molecule has 0 aliphatic carbocycles. The van der Waals surface area contributed by atoms with E-state index in [4.69, 9.17) is 5.73 Å². The minimum absolute atomic E-state index is 0.112. The Labute approximate surface area is 128 Å². The molecule has 2 rings (SSSR count). The highest BCUT2D eigenvalue weighted by atomic mass is 32.2. The molecule has 1 heterocycles. The maximum absolute atomic E-state index is 12.0. The maximum atomic E-state index is 12.0. The number of nitrogens with two attached hydrogens (primary N) is 1. The minimum Gasteiger partial charge on any atom is -0.351 e. The van der Waals surface area contributed by atoms with Crippen molar-refractivity contribution in [2.45, 2.75) is 19.0 Å². The summed E-state index contributed by atoms with van der Waals surface area (Å²) in [7, 11) is 0. The lowest BCUT2D eigenvalue weighted by molar-refractivity contribution is -0.122. The number of para-hydroxylation sites is 1. The lowest BCUT2D eigenvalue weighted by atomic mass is 10.1. The summed E-state index contributed by atoms with van der Waals surface area (Å²) >= 11 is 1.69. The van der Waals surface area contributed by atoms with Crippen molar-refractivity contribution in [1.82, 2.24) is 15.1 Å². The molecule has 0 saturated heterocycles. The van der Waals surface area contributed by atoms with Crippen LogP contribution in [0.3, 0.4) is 0 Å². The van der Waals surface area contributed by atoms with Crippen LogP contribution in [0.2, 0.25) is 0 Å². The van der Waals surface area contributed by atoms with Crippen molar-refractivity contribution in [2.24, 2.45) is 5.73 Å². The van der Waals surface area contributed by atoms with E-state index in [0.29, 0.717) is 13.0 Å². The first-order valence-electron chi connectivity index (χ1n) is 6.82. The Kier molecular flexibility index (Phi) is 5.83. The Bertz CT molecular complexity index is 571. The van der Waals surface area contributed by atoms with E-state index in [-0.39, 0.29) is 5.91 Å². The van der Waals surface area contributed by atoms with Crippen LogP contribution in [0.5, 0.6) is 0 Å². The molecule has 0 fully saturated rings. The van der Waals surface area contributed by atoms with Crippen molar-refractivity contribution < 1.29 is 4.79 Å². The van der Waals surface area contributed by atoms with Crippen molar-refractivity contribution in [3.63, 3.8) is 0 Å². The summed E-state index contributed by atoms with van der Waals surface area (Å²) in [6.45, 7) is 0.446. The van der Waals surface area contributed by atoms with Crippen molar-refractivity contribution in [3.05, 3.63) is 48.3 Å². The Balaban J connectivity index is 1.99. The van der Waals surface area contributed by atoms with E-state index in [1.54, 1.807) is 22.6 Å². The molecule has 0 radical (unpaired) electrons. The molecule has 0 saturated carbocycles. The highest BCUT2D eigenvalue weighted by molar-refractivity contribution is 7.98. The molecular formula is C15H20N4OS. The van der Waals surface area contributed by atoms with Gasteiger partial charge in [0.1, 0.15) is 0 Å². The number of nitrogens with one attached hydrogen (secondary N) is 1. The molecule has 112 valence electrons. The predicted octanol–water partition coefficient (Wildman–Crippen LogP) is 1.57.